The molecule has 2 aliphatic rings. The quantitative estimate of drug-likeness (QED) is 0.662. The standard InChI is InChI=1S/C17H23FN2O4/c1-23-16-10-14(15(20(21)22)9-13(16)18)19-12-5-8-24-17(11-12)6-3-2-4-7-17/h9-10,12,19H,2-8,11H2,1H3. The van der Waals surface area contributed by atoms with Crippen molar-refractivity contribution in [3.63, 3.8) is 0 Å². The van der Waals surface area contributed by atoms with Crippen molar-refractivity contribution in [1.29, 1.82) is 0 Å². The predicted octanol–water partition coefficient (Wildman–Crippen LogP) is 4.04. The van der Waals surface area contributed by atoms with E-state index in [9.17, 15) is 14.5 Å². The van der Waals surface area contributed by atoms with E-state index in [-0.39, 0.29) is 23.1 Å². The maximum atomic E-state index is 13.8. The third kappa shape index (κ3) is 3.45. The van der Waals surface area contributed by atoms with Crippen LogP contribution >= 0.6 is 0 Å². The van der Waals surface area contributed by atoms with Crippen molar-refractivity contribution in [2.75, 3.05) is 19.0 Å². The number of hydrogen-bond donors (Lipinski definition) is 1. The molecule has 24 heavy (non-hydrogen) atoms. The topological polar surface area (TPSA) is 73.6 Å². The molecule has 0 bridgehead atoms. The third-order valence-corrected chi connectivity index (χ3v) is 5.08. The maximum absolute atomic E-state index is 13.8. The van der Waals surface area contributed by atoms with Crippen molar-refractivity contribution < 1.29 is 18.8 Å². The lowest BCUT2D eigenvalue weighted by molar-refractivity contribution is -0.384. The minimum absolute atomic E-state index is 0.00235. The monoisotopic (exact) mass is 338 g/mol. The van der Waals surface area contributed by atoms with Gasteiger partial charge < -0.3 is 14.8 Å². The number of halogens is 1. The summed E-state index contributed by atoms with van der Waals surface area (Å²) in [6.45, 7) is 0.643. The average Bonchev–Trinajstić information content (AvgIpc) is 2.56. The molecule has 1 spiro atoms. The summed E-state index contributed by atoms with van der Waals surface area (Å²) in [5.41, 5.74) is -0.0684. The minimum Gasteiger partial charge on any atom is -0.494 e. The highest BCUT2D eigenvalue weighted by atomic mass is 19.1. The molecule has 1 N–H and O–H groups in total. The van der Waals surface area contributed by atoms with Gasteiger partial charge in [0.2, 0.25) is 0 Å². The van der Waals surface area contributed by atoms with Crippen molar-refractivity contribution in [2.24, 2.45) is 0 Å². The number of anilines is 1. The summed E-state index contributed by atoms with van der Waals surface area (Å²) in [5, 5.41) is 14.5. The maximum Gasteiger partial charge on any atom is 0.295 e. The van der Waals surface area contributed by atoms with Crippen LogP contribution < -0.4 is 10.1 Å². The number of nitro groups is 1. The first-order valence-corrected chi connectivity index (χ1v) is 8.45. The zero-order valence-corrected chi connectivity index (χ0v) is 13.8. The lowest BCUT2D eigenvalue weighted by atomic mass is 9.78. The number of benzene rings is 1. The van der Waals surface area contributed by atoms with E-state index in [1.165, 1.54) is 19.6 Å². The van der Waals surface area contributed by atoms with E-state index in [0.29, 0.717) is 12.3 Å². The second-order valence-electron chi connectivity index (χ2n) is 6.69. The largest absolute Gasteiger partial charge is 0.494 e. The summed E-state index contributed by atoms with van der Waals surface area (Å²) in [7, 11) is 1.35. The molecule has 1 saturated heterocycles. The summed E-state index contributed by atoms with van der Waals surface area (Å²) in [4.78, 5) is 10.7. The van der Waals surface area contributed by atoms with Gasteiger partial charge in [0, 0.05) is 18.7 Å². The van der Waals surface area contributed by atoms with Gasteiger partial charge in [-0.25, -0.2) is 4.39 Å². The highest BCUT2D eigenvalue weighted by Crippen LogP contribution is 2.40. The Morgan fingerprint density at radius 3 is 2.79 bits per heavy atom. The fourth-order valence-electron chi connectivity index (χ4n) is 3.88. The van der Waals surface area contributed by atoms with Crippen LogP contribution in [0.1, 0.15) is 44.9 Å². The van der Waals surface area contributed by atoms with Gasteiger partial charge in [0.05, 0.1) is 23.7 Å². The number of rotatable bonds is 4. The van der Waals surface area contributed by atoms with E-state index >= 15 is 0 Å². The Morgan fingerprint density at radius 1 is 1.38 bits per heavy atom. The lowest BCUT2D eigenvalue weighted by Gasteiger charge is -2.43. The Bertz CT molecular complexity index is 611. The fourth-order valence-corrected chi connectivity index (χ4v) is 3.88. The van der Waals surface area contributed by atoms with Crippen LogP contribution in [0.4, 0.5) is 15.8 Å². The van der Waals surface area contributed by atoms with Gasteiger partial charge in [-0.2, -0.15) is 0 Å². The first-order chi connectivity index (χ1) is 11.5. The molecule has 1 heterocycles. The molecule has 0 radical (unpaired) electrons. The molecule has 1 aliphatic heterocycles. The van der Waals surface area contributed by atoms with Crippen LogP contribution in [0.3, 0.4) is 0 Å². The Kier molecular flexibility index (Phi) is 4.89. The average molecular weight is 338 g/mol. The normalized spacial score (nSPS) is 23.0. The Hall–Kier alpha value is -1.89. The van der Waals surface area contributed by atoms with E-state index in [1.807, 2.05) is 0 Å². The van der Waals surface area contributed by atoms with Crippen LogP contribution in [-0.2, 0) is 4.74 Å². The second kappa shape index (κ2) is 6.93. The van der Waals surface area contributed by atoms with E-state index in [0.717, 1.165) is 44.6 Å². The SMILES string of the molecule is COc1cc(NC2CCOC3(CCCCC3)C2)c([N+](=O)[O-])cc1F. The van der Waals surface area contributed by atoms with E-state index in [2.05, 4.69) is 5.32 Å². The fraction of sp³-hybridized carbons (Fsp3) is 0.647. The van der Waals surface area contributed by atoms with Gasteiger partial charge in [-0.3, -0.25) is 10.1 Å². The molecule has 132 valence electrons. The molecule has 6 nitrogen and oxygen atoms in total. The summed E-state index contributed by atoms with van der Waals surface area (Å²) in [5.74, 6) is -0.729. The lowest BCUT2D eigenvalue weighted by Crippen LogP contribution is -2.45. The molecule has 1 unspecified atom stereocenters. The molecule has 0 aromatic heterocycles. The van der Waals surface area contributed by atoms with Gasteiger partial charge in [0.15, 0.2) is 11.6 Å². The van der Waals surface area contributed by atoms with Gasteiger partial charge in [0.25, 0.3) is 5.69 Å². The first-order valence-electron chi connectivity index (χ1n) is 8.45. The molecular weight excluding hydrogens is 315 g/mol. The molecule has 3 rings (SSSR count). The molecule has 2 fully saturated rings. The Balaban J connectivity index is 1.80. The highest BCUT2D eigenvalue weighted by molar-refractivity contribution is 5.65. The molecular formula is C17H23FN2O4. The van der Waals surface area contributed by atoms with Crippen molar-refractivity contribution in [3.05, 3.63) is 28.1 Å². The smallest absolute Gasteiger partial charge is 0.295 e. The first kappa shape index (κ1) is 17.0. The van der Waals surface area contributed by atoms with Crippen LogP contribution in [0.2, 0.25) is 0 Å². The van der Waals surface area contributed by atoms with Crippen LogP contribution in [0, 0.1) is 15.9 Å². The third-order valence-electron chi connectivity index (χ3n) is 5.08. The Morgan fingerprint density at radius 2 is 2.12 bits per heavy atom. The van der Waals surface area contributed by atoms with Crippen molar-refractivity contribution >= 4 is 11.4 Å². The van der Waals surface area contributed by atoms with Crippen molar-refractivity contribution in [2.45, 2.75) is 56.6 Å². The van der Waals surface area contributed by atoms with Crippen LogP contribution in [0.5, 0.6) is 5.75 Å². The van der Waals surface area contributed by atoms with Gasteiger partial charge in [-0.05, 0) is 25.7 Å². The van der Waals surface area contributed by atoms with Gasteiger partial charge in [-0.15, -0.1) is 0 Å². The number of methoxy groups -OCH3 is 1. The predicted molar refractivity (Wildman–Crippen MR) is 88.0 cm³/mol. The van der Waals surface area contributed by atoms with Gasteiger partial charge >= 0.3 is 0 Å². The van der Waals surface area contributed by atoms with E-state index in [1.54, 1.807) is 0 Å². The number of ether oxygens (including phenoxy) is 2. The minimum atomic E-state index is -0.731. The number of nitrogens with one attached hydrogen (secondary N) is 1. The van der Waals surface area contributed by atoms with Crippen LogP contribution in [-0.4, -0.2) is 30.3 Å². The summed E-state index contributed by atoms with van der Waals surface area (Å²) >= 11 is 0. The number of hydrogen-bond acceptors (Lipinski definition) is 5. The van der Waals surface area contributed by atoms with Crippen LogP contribution in [0.25, 0.3) is 0 Å². The van der Waals surface area contributed by atoms with E-state index < -0.39 is 10.7 Å². The van der Waals surface area contributed by atoms with Gasteiger partial charge in [0.1, 0.15) is 5.69 Å². The molecule has 1 aliphatic carbocycles. The summed E-state index contributed by atoms with van der Waals surface area (Å²) in [6.07, 6.45) is 7.25. The summed E-state index contributed by atoms with van der Waals surface area (Å²) in [6, 6.07) is 2.36. The molecule has 1 saturated carbocycles. The van der Waals surface area contributed by atoms with E-state index in [4.69, 9.17) is 9.47 Å². The molecule has 0 amide bonds. The second-order valence-corrected chi connectivity index (χ2v) is 6.69. The molecule has 1 atom stereocenters. The highest BCUT2D eigenvalue weighted by Gasteiger charge is 2.39. The zero-order chi connectivity index (χ0) is 17.2. The zero-order valence-electron chi connectivity index (χ0n) is 13.8. The molecule has 1 aromatic rings. The Labute approximate surface area is 140 Å². The van der Waals surface area contributed by atoms with Crippen LogP contribution in [0.15, 0.2) is 12.1 Å². The number of nitro benzene ring substituents is 1. The molecule has 7 heteroatoms. The summed E-state index contributed by atoms with van der Waals surface area (Å²) < 4.78 is 24.8. The number of nitrogens with zero attached hydrogens (tertiary/aromatic N) is 1. The van der Waals surface area contributed by atoms with Gasteiger partial charge in [-0.1, -0.05) is 19.3 Å². The van der Waals surface area contributed by atoms with Crippen molar-refractivity contribution in [3.8, 4) is 5.75 Å². The molecule has 1 aromatic carbocycles. The van der Waals surface area contributed by atoms with Crippen molar-refractivity contribution in [1.82, 2.24) is 0 Å².